The maximum Gasteiger partial charge on any atom is 0.141 e. The van der Waals surface area contributed by atoms with E-state index < -0.39 is 0 Å². The standard InChI is InChI=1S/C5H6BrN3/c6-3-5-8-2-1-4(7)9-5/h1-2H,3H2,(H2,7,8,9). The van der Waals surface area contributed by atoms with E-state index in [2.05, 4.69) is 25.9 Å². The third-order valence-corrected chi connectivity index (χ3v) is 1.35. The Morgan fingerprint density at radius 2 is 2.44 bits per heavy atom. The highest BCUT2D eigenvalue weighted by Gasteiger charge is 1.90. The molecule has 0 aliphatic heterocycles. The molecule has 1 aromatic heterocycles. The molecule has 4 heteroatoms. The molecule has 0 fully saturated rings. The second-order valence-electron chi connectivity index (χ2n) is 1.53. The van der Waals surface area contributed by atoms with Crippen molar-refractivity contribution < 1.29 is 0 Å². The van der Waals surface area contributed by atoms with Gasteiger partial charge < -0.3 is 5.73 Å². The van der Waals surface area contributed by atoms with Crippen LogP contribution in [0, 0.1) is 0 Å². The van der Waals surface area contributed by atoms with E-state index in [-0.39, 0.29) is 0 Å². The summed E-state index contributed by atoms with van der Waals surface area (Å²) in [6, 6.07) is 1.66. The summed E-state index contributed by atoms with van der Waals surface area (Å²) in [6.07, 6.45) is 1.64. The van der Waals surface area contributed by atoms with E-state index in [1.165, 1.54) is 0 Å². The van der Waals surface area contributed by atoms with Crippen molar-refractivity contribution >= 4 is 21.7 Å². The maximum absolute atomic E-state index is 5.36. The quantitative estimate of drug-likeness (QED) is 0.667. The summed E-state index contributed by atoms with van der Waals surface area (Å²) in [4.78, 5) is 7.83. The summed E-state index contributed by atoms with van der Waals surface area (Å²) >= 11 is 3.21. The average molecular weight is 188 g/mol. The molecule has 0 amide bonds. The second-order valence-corrected chi connectivity index (χ2v) is 2.09. The average Bonchev–Trinajstić information content (AvgIpc) is 1.88. The number of nitrogens with two attached hydrogens (primary N) is 1. The van der Waals surface area contributed by atoms with Crippen LogP contribution in [0.25, 0.3) is 0 Å². The number of halogens is 1. The van der Waals surface area contributed by atoms with E-state index in [0.717, 1.165) is 5.82 Å². The molecule has 0 aliphatic carbocycles. The van der Waals surface area contributed by atoms with E-state index >= 15 is 0 Å². The minimum Gasteiger partial charge on any atom is -0.384 e. The molecule has 0 saturated heterocycles. The molecule has 3 nitrogen and oxygen atoms in total. The fraction of sp³-hybridized carbons (Fsp3) is 0.200. The van der Waals surface area contributed by atoms with Gasteiger partial charge in [-0.1, -0.05) is 15.9 Å². The minimum absolute atomic E-state index is 0.513. The van der Waals surface area contributed by atoms with Crippen molar-refractivity contribution in [2.75, 3.05) is 5.73 Å². The van der Waals surface area contributed by atoms with Crippen LogP contribution >= 0.6 is 15.9 Å². The summed E-state index contributed by atoms with van der Waals surface area (Å²) in [5.41, 5.74) is 5.36. The highest BCUT2D eigenvalue weighted by Crippen LogP contribution is 1.99. The summed E-state index contributed by atoms with van der Waals surface area (Å²) < 4.78 is 0. The van der Waals surface area contributed by atoms with Crippen LogP contribution in [-0.2, 0) is 5.33 Å². The summed E-state index contributed by atoms with van der Waals surface area (Å²) in [5.74, 6) is 1.23. The molecule has 1 aromatic rings. The van der Waals surface area contributed by atoms with Crippen LogP contribution in [-0.4, -0.2) is 9.97 Å². The summed E-state index contributed by atoms with van der Waals surface area (Å²) in [6.45, 7) is 0. The Kier molecular flexibility index (Phi) is 2.00. The van der Waals surface area contributed by atoms with Gasteiger partial charge in [0, 0.05) is 6.20 Å². The number of rotatable bonds is 1. The Labute approximate surface area is 61.4 Å². The fourth-order valence-corrected chi connectivity index (χ4v) is 0.749. The van der Waals surface area contributed by atoms with Crippen LogP contribution in [0.3, 0.4) is 0 Å². The Morgan fingerprint density at radius 3 is 2.89 bits per heavy atom. The highest BCUT2D eigenvalue weighted by atomic mass is 79.9. The Bertz CT molecular complexity index is 201. The van der Waals surface area contributed by atoms with Crippen molar-refractivity contribution in [2.24, 2.45) is 0 Å². The molecule has 2 N–H and O–H groups in total. The fourth-order valence-electron chi connectivity index (χ4n) is 0.479. The molecule has 0 atom stereocenters. The second kappa shape index (κ2) is 2.77. The third kappa shape index (κ3) is 1.64. The Hall–Kier alpha value is -0.640. The molecule has 0 unspecified atom stereocenters. The van der Waals surface area contributed by atoms with Crippen LogP contribution < -0.4 is 5.73 Å². The number of nitrogen functional groups attached to an aromatic ring is 1. The smallest absolute Gasteiger partial charge is 0.141 e. The lowest BCUT2D eigenvalue weighted by Gasteiger charge is -1.92. The van der Waals surface area contributed by atoms with Crippen molar-refractivity contribution in [1.82, 2.24) is 9.97 Å². The lowest BCUT2D eigenvalue weighted by Crippen LogP contribution is -1.95. The first-order chi connectivity index (χ1) is 4.33. The predicted octanol–water partition coefficient (Wildman–Crippen LogP) is 0.954. The molecule has 0 spiro atoms. The molecule has 0 aromatic carbocycles. The molecule has 48 valence electrons. The summed E-state index contributed by atoms with van der Waals surface area (Å²) in [5, 5.41) is 0.651. The summed E-state index contributed by atoms with van der Waals surface area (Å²) in [7, 11) is 0. The van der Waals surface area contributed by atoms with Crippen LogP contribution in [0.2, 0.25) is 0 Å². The monoisotopic (exact) mass is 187 g/mol. The van der Waals surface area contributed by atoms with Crippen molar-refractivity contribution in [2.45, 2.75) is 5.33 Å². The zero-order valence-electron chi connectivity index (χ0n) is 4.71. The predicted molar refractivity (Wildman–Crippen MR) is 39.1 cm³/mol. The van der Waals surface area contributed by atoms with E-state index in [1.54, 1.807) is 12.3 Å². The van der Waals surface area contributed by atoms with Gasteiger partial charge in [0.05, 0.1) is 5.33 Å². The Morgan fingerprint density at radius 1 is 1.67 bits per heavy atom. The van der Waals surface area contributed by atoms with Gasteiger partial charge >= 0.3 is 0 Å². The van der Waals surface area contributed by atoms with E-state index in [1.807, 2.05) is 0 Å². The lowest BCUT2D eigenvalue weighted by molar-refractivity contribution is 1.05. The first-order valence-electron chi connectivity index (χ1n) is 2.46. The molecular formula is C5H6BrN3. The van der Waals surface area contributed by atoms with E-state index in [0.29, 0.717) is 11.1 Å². The van der Waals surface area contributed by atoms with Crippen molar-refractivity contribution in [3.63, 3.8) is 0 Å². The van der Waals surface area contributed by atoms with Gasteiger partial charge in [-0.2, -0.15) is 0 Å². The largest absolute Gasteiger partial charge is 0.384 e. The molecule has 1 heterocycles. The van der Waals surface area contributed by atoms with Crippen molar-refractivity contribution in [1.29, 1.82) is 0 Å². The molecule has 0 saturated carbocycles. The normalized spacial score (nSPS) is 9.44. The molecule has 9 heavy (non-hydrogen) atoms. The number of anilines is 1. The van der Waals surface area contributed by atoms with Crippen LogP contribution in [0.5, 0.6) is 0 Å². The number of nitrogens with zero attached hydrogens (tertiary/aromatic N) is 2. The molecular weight excluding hydrogens is 182 g/mol. The molecule has 0 radical (unpaired) electrons. The minimum atomic E-state index is 0.513. The van der Waals surface area contributed by atoms with Crippen LogP contribution in [0.15, 0.2) is 12.3 Å². The zero-order chi connectivity index (χ0) is 6.69. The van der Waals surface area contributed by atoms with Gasteiger partial charge in [-0.05, 0) is 6.07 Å². The van der Waals surface area contributed by atoms with Crippen molar-refractivity contribution in [3.8, 4) is 0 Å². The van der Waals surface area contributed by atoms with Gasteiger partial charge in [-0.3, -0.25) is 0 Å². The van der Waals surface area contributed by atoms with Crippen LogP contribution in [0.4, 0.5) is 5.82 Å². The number of aromatic nitrogens is 2. The van der Waals surface area contributed by atoms with E-state index in [4.69, 9.17) is 5.73 Å². The third-order valence-electron chi connectivity index (χ3n) is 0.847. The van der Waals surface area contributed by atoms with Gasteiger partial charge in [-0.25, -0.2) is 9.97 Å². The molecule has 0 aliphatic rings. The van der Waals surface area contributed by atoms with E-state index in [9.17, 15) is 0 Å². The van der Waals surface area contributed by atoms with Gasteiger partial charge in [0.2, 0.25) is 0 Å². The first-order valence-corrected chi connectivity index (χ1v) is 3.58. The first kappa shape index (κ1) is 6.48. The number of hydrogen-bond acceptors (Lipinski definition) is 3. The van der Waals surface area contributed by atoms with Gasteiger partial charge in [0.25, 0.3) is 0 Å². The van der Waals surface area contributed by atoms with Crippen LogP contribution in [0.1, 0.15) is 5.82 Å². The zero-order valence-corrected chi connectivity index (χ0v) is 6.30. The van der Waals surface area contributed by atoms with Crippen molar-refractivity contribution in [3.05, 3.63) is 18.1 Å². The Balaban J connectivity index is 2.94. The SMILES string of the molecule is Nc1ccnc(CBr)n1. The topological polar surface area (TPSA) is 51.8 Å². The van der Waals surface area contributed by atoms with Gasteiger partial charge in [0.15, 0.2) is 0 Å². The van der Waals surface area contributed by atoms with Gasteiger partial charge in [0.1, 0.15) is 11.6 Å². The van der Waals surface area contributed by atoms with Gasteiger partial charge in [-0.15, -0.1) is 0 Å². The number of hydrogen-bond donors (Lipinski definition) is 1. The molecule has 0 bridgehead atoms. The molecule has 1 rings (SSSR count). The maximum atomic E-state index is 5.36. The highest BCUT2D eigenvalue weighted by molar-refractivity contribution is 9.08. The number of alkyl halides is 1. The lowest BCUT2D eigenvalue weighted by atomic mass is 10.6.